The molecule has 0 aromatic heterocycles. The number of fused-ring (bicyclic) bond motifs is 3. The van der Waals surface area contributed by atoms with Crippen molar-refractivity contribution in [1.29, 1.82) is 0 Å². The predicted molar refractivity (Wildman–Crippen MR) is 184 cm³/mol. The van der Waals surface area contributed by atoms with Gasteiger partial charge in [0.2, 0.25) is 0 Å². The maximum absolute atomic E-state index is 15.9. The first-order chi connectivity index (χ1) is 23.7. The zero-order valence-corrected chi connectivity index (χ0v) is 28.7. The molecule has 1 aliphatic carbocycles. The van der Waals surface area contributed by atoms with Gasteiger partial charge in [-0.15, -0.1) is 0 Å². The van der Waals surface area contributed by atoms with E-state index in [-0.39, 0.29) is 42.4 Å². The molecule has 49 heavy (non-hydrogen) atoms. The second-order valence-corrected chi connectivity index (χ2v) is 15.3. The van der Waals surface area contributed by atoms with E-state index in [1.807, 2.05) is 24.3 Å². The number of carbonyl (C=O) groups is 2. The molecule has 0 N–H and O–H groups in total. The van der Waals surface area contributed by atoms with Gasteiger partial charge in [-0.1, -0.05) is 41.4 Å². The van der Waals surface area contributed by atoms with Crippen molar-refractivity contribution < 1.29 is 28.2 Å². The molecule has 1 saturated carbocycles. The zero-order chi connectivity index (χ0) is 33.6. The van der Waals surface area contributed by atoms with Gasteiger partial charge in [-0.05, 0) is 49.9 Å². The molecule has 9 rings (SSSR count). The Balaban J connectivity index is 0.959. The first kappa shape index (κ1) is 31.4. The standard InChI is InChI=1S/C37H37Cl2FN4O5/c1-47-36(46)28-11-31(40)27(12-32(28)44-23-7-8-24(44)15-48-14-23)26-4-2-3-21-13-41(20-49-34(21)26)35(45)33-29(38)9-25(10-30(33)39)43-18-37(19-43)16-42(17-37)22-5-6-22/h2-4,9-12,22-24H,5-8,13-20H2,1H3. The lowest BCUT2D eigenvalue weighted by atomic mass is 9.72. The molecule has 0 radical (unpaired) electrons. The summed E-state index contributed by atoms with van der Waals surface area (Å²) in [5.74, 6) is -1.01. The number of halogens is 3. The highest BCUT2D eigenvalue weighted by molar-refractivity contribution is 6.40. The van der Waals surface area contributed by atoms with E-state index in [0.29, 0.717) is 51.2 Å². The fraction of sp³-hybridized carbons (Fsp3) is 0.459. The molecular formula is C37H37Cl2FN4O5. The first-order valence-electron chi connectivity index (χ1n) is 17.0. The Morgan fingerprint density at radius 1 is 0.918 bits per heavy atom. The quantitative estimate of drug-likeness (QED) is 0.280. The molecule has 5 aliphatic heterocycles. The van der Waals surface area contributed by atoms with Crippen molar-refractivity contribution >= 4 is 46.5 Å². The summed E-state index contributed by atoms with van der Waals surface area (Å²) < 4.78 is 32.9. The average Bonchev–Trinajstić information content (AvgIpc) is 3.86. The molecule has 5 heterocycles. The van der Waals surface area contributed by atoms with E-state index in [0.717, 1.165) is 56.3 Å². The van der Waals surface area contributed by atoms with Crippen LogP contribution in [-0.4, -0.2) is 93.0 Å². The molecule has 1 amide bonds. The molecule has 256 valence electrons. The van der Waals surface area contributed by atoms with Crippen LogP contribution in [0.4, 0.5) is 15.8 Å². The number of amides is 1. The van der Waals surface area contributed by atoms with Crippen LogP contribution in [-0.2, 0) is 16.0 Å². The smallest absolute Gasteiger partial charge is 0.340 e. The number of esters is 1. The summed E-state index contributed by atoms with van der Waals surface area (Å²) in [6.07, 6.45) is 4.52. The third-order valence-electron chi connectivity index (χ3n) is 11.2. The Hall–Kier alpha value is -3.57. The van der Waals surface area contributed by atoms with Crippen molar-refractivity contribution in [3.63, 3.8) is 0 Å². The number of nitrogens with zero attached hydrogens (tertiary/aromatic N) is 4. The van der Waals surface area contributed by atoms with E-state index < -0.39 is 11.8 Å². The summed E-state index contributed by atoms with van der Waals surface area (Å²) in [7, 11) is 1.30. The normalized spacial score (nSPS) is 23.9. The largest absolute Gasteiger partial charge is 0.472 e. The summed E-state index contributed by atoms with van der Waals surface area (Å²) in [5.41, 5.74) is 3.90. The lowest BCUT2D eigenvalue weighted by Gasteiger charge is -2.61. The third kappa shape index (κ3) is 5.25. The third-order valence-corrected chi connectivity index (χ3v) is 11.8. The second kappa shape index (κ2) is 11.8. The summed E-state index contributed by atoms with van der Waals surface area (Å²) in [6, 6.07) is 13.1. The van der Waals surface area contributed by atoms with Gasteiger partial charge >= 0.3 is 5.97 Å². The predicted octanol–water partition coefficient (Wildman–Crippen LogP) is 6.23. The molecule has 12 heteroatoms. The maximum atomic E-state index is 15.9. The monoisotopic (exact) mass is 706 g/mol. The van der Waals surface area contributed by atoms with E-state index in [9.17, 15) is 9.59 Å². The minimum absolute atomic E-state index is 0.0638. The Morgan fingerprint density at radius 3 is 2.29 bits per heavy atom. The van der Waals surface area contributed by atoms with Crippen molar-refractivity contribution in [3.05, 3.63) is 75.0 Å². The van der Waals surface area contributed by atoms with Crippen molar-refractivity contribution in [2.45, 2.75) is 50.4 Å². The minimum Gasteiger partial charge on any atom is -0.472 e. The van der Waals surface area contributed by atoms with Gasteiger partial charge in [-0.3, -0.25) is 9.69 Å². The van der Waals surface area contributed by atoms with Crippen LogP contribution < -0.4 is 14.5 Å². The van der Waals surface area contributed by atoms with Gasteiger partial charge in [0.15, 0.2) is 6.73 Å². The summed E-state index contributed by atoms with van der Waals surface area (Å²) >= 11 is 13.5. The molecule has 1 spiro atoms. The topological polar surface area (TPSA) is 74.8 Å². The van der Waals surface area contributed by atoms with Crippen LogP contribution in [0.3, 0.4) is 0 Å². The van der Waals surface area contributed by atoms with Crippen molar-refractivity contribution in [3.8, 4) is 16.9 Å². The van der Waals surface area contributed by atoms with E-state index >= 15 is 4.39 Å². The van der Waals surface area contributed by atoms with E-state index in [4.69, 9.17) is 37.4 Å². The van der Waals surface area contributed by atoms with Crippen molar-refractivity contribution in [1.82, 2.24) is 9.80 Å². The summed E-state index contributed by atoms with van der Waals surface area (Å²) in [6.45, 7) is 5.51. The van der Waals surface area contributed by atoms with Crippen LogP contribution >= 0.6 is 23.2 Å². The molecule has 2 bridgehead atoms. The van der Waals surface area contributed by atoms with Gasteiger partial charge in [0.05, 0.1) is 65.8 Å². The van der Waals surface area contributed by atoms with Crippen molar-refractivity contribution in [2.75, 3.05) is 63.0 Å². The highest BCUT2D eigenvalue weighted by Gasteiger charge is 2.54. The molecule has 3 aromatic rings. The van der Waals surface area contributed by atoms with Crippen molar-refractivity contribution in [2.24, 2.45) is 5.41 Å². The van der Waals surface area contributed by atoms with Crippen LogP contribution in [0.25, 0.3) is 11.1 Å². The number of ether oxygens (including phenoxy) is 3. The average molecular weight is 708 g/mol. The van der Waals surface area contributed by atoms with Gasteiger partial charge in [0.1, 0.15) is 11.6 Å². The Kier molecular flexibility index (Phi) is 7.54. The van der Waals surface area contributed by atoms with Crippen LogP contribution in [0.1, 0.15) is 52.0 Å². The molecule has 2 unspecified atom stereocenters. The highest BCUT2D eigenvalue weighted by atomic mass is 35.5. The van der Waals surface area contributed by atoms with Crippen LogP contribution in [0.2, 0.25) is 10.0 Å². The SMILES string of the molecule is COC(=O)c1cc(F)c(-c2cccc3c2OCN(C(=O)c2c(Cl)cc(N4CC5(C4)CN(C4CC4)C5)cc2Cl)C3)cc1N1C2CCC1COC2. The maximum Gasteiger partial charge on any atom is 0.340 e. The Labute approximate surface area is 294 Å². The second-order valence-electron chi connectivity index (χ2n) is 14.5. The van der Waals surface area contributed by atoms with E-state index in [2.05, 4.69) is 14.7 Å². The number of anilines is 2. The molecule has 6 aliphatic rings. The molecule has 3 aromatic carbocycles. The number of likely N-dealkylation sites (tertiary alicyclic amines) is 1. The van der Waals surface area contributed by atoms with Gasteiger partial charge < -0.3 is 28.9 Å². The summed E-state index contributed by atoms with van der Waals surface area (Å²) in [5, 5.41) is 0.608. The van der Waals surface area contributed by atoms with Gasteiger partial charge in [0.25, 0.3) is 5.91 Å². The van der Waals surface area contributed by atoms with Crippen LogP contribution in [0.5, 0.6) is 5.75 Å². The number of para-hydroxylation sites is 1. The fourth-order valence-electron chi connectivity index (χ4n) is 8.66. The van der Waals surface area contributed by atoms with Crippen LogP contribution in [0, 0.1) is 11.2 Å². The molecule has 5 fully saturated rings. The molecular weight excluding hydrogens is 670 g/mol. The number of hydrogen-bond acceptors (Lipinski definition) is 8. The zero-order valence-electron chi connectivity index (χ0n) is 27.2. The lowest BCUT2D eigenvalue weighted by Crippen LogP contribution is -2.72. The number of carbonyl (C=O) groups excluding carboxylic acids is 2. The number of hydrogen-bond donors (Lipinski definition) is 0. The van der Waals surface area contributed by atoms with Gasteiger partial charge in [-0.25, -0.2) is 9.18 Å². The number of benzene rings is 3. The molecule has 4 saturated heterocycles. The van der Waals surface area contributed by atoms with E-state index in [1.54, 1.807) is 17.0 Å². The van der Waals surface area contributed by atoms with Gasteiger partial charge in [0, 0.05) is 60.0 Å². The Morgan fingerprint density at radius 2 is 1.61 bits per heavy atom. The fourth-order valence-corrected chi connectivity index (χ4v) is 9.29. The molecule has 2 atom stereocenters. The number of methoxy groups -OCH3 is 1. The minimum atomic E-state index is -0.593. The number of rotatable bonds is 6. The van der Waals surface area contributed by atoms with E-state index in [1.165, 1.54) is 26.0 Å². The lowest BCUT2D eigenvalue weighted by molar-refractivity contribution is -0.0274. The van der Waals surface area contributed by atoms with Crippen LogP contribution in [0.15, 0.2) is 42.5 Å². The number of morpholine rings is 1. The highest BCUT2D eigenvalue weighted by Crippen LogP contribution is 2.48. The van der Waals surface area contributed by atoms with Gasteiger partial charge in [-0.2, -0.15) is 0 Å². The molecule has 9 nitrogen and oxygen atoms in total. The first-order valence-corrected chi connectivity index (χ1v) is 17.8. The Bertz CT molecular complexity index is 1830. The summed E-state index contributed by atoms with van der Waals surface area (Å²) in [4.78, 5) is 35.3.